The van der Waals surface area contributed by atoms with Crippen LogP contribution in [0.2, 0.25) is 0 Å². The van der Waals surface area contributed by atoms with Gasteiger partial charge in [-0.05, 0) is 25.3 Å². The van der Waals surface area contributed by atoms with Crippen LogP contribution in [0.1, 0.15) is 50.5 Å². The van der Waals surface area contributed by atoms with Crippen LogP contribution in [0, 0.1) is 0 Å². The largest absolute Gasteiger partial charge is 0.369 e. The van der Waals surface area contributed by atoms with Gasteiger partial charge in [0.2, 0.25) is 0 Å². The van der Waals surface area contributed by atoms with Crippen LogP contribution in [0.5, 0.6) is 0 Å². The summed E-state index contributed by atoms with van der Waals surface area (Å²) in [6, 6.07) is 0. The van der Waals surface area contributed by atoms with Gasteiger partial charge in [0.1, 0.15) is 10.6 Å². The van der Waals surface area contributed by atoms with Crippen LogP contribution in [-0.4, -0.2) is 48.5 Å². The van der Waals surface area contributed by atoms with Gasteiger partial charge in [0.05, 0.1) is 38.2 Å². The van der Waals surface area contributed by atoms with E-state index in [1.54, 1.807) is 23.1 Å². The molecule has 1 aliphatic rings. The van der Waals surface area contributed by atoms with Crippen molar-refractivity contribution in [3.8, 4) is 0 Å². The molecule has 3 rings (SSSR count). The molecule has 2 aromatic heterocycles. The topological polar surface area (TPSA) is 51.5 Å². The number of rotatable bonds is 9. The van der Waals surface area contributed by atoms with Crippen molar-refractivity contribution in [2.24, 2.45) is 0 Å². The Bertz CT molecular complexity index is 777. The molecular weight excluding hydrogens is 376 g/mol. The predicted octanol–water partition coefficient (Wildman–Crippen LogP) is 3.38. The van der Waals surface area contributed by atoms with Gasteiger partial charge in [0.15, 0.2) is 5.16 Å². The number of aromatic nitrogens is 2. The van der Waals surface area contributed by atoms with E-state index in [1.165, 1.54) is 20.7 Å². The number of anilines is 1. The molecular formula is C20H33N4OS2+. The van der Waals surface area contributed by atoms with Crippen LogP contribution >= 0.6 is 23.1 Å². The first-order valence-corrected chi connectivity index (χ1v) is 11.9. The average molecular weight is 410 g/mol. The quantitative estimate of drug-likeness (QED) is 0.378. The molecule has 2 N–H and O–H groups in total. The smallest absolute Gasteiger partial charge is 0.190 e. The summed E-state index contributed by atoms with van der Waals surface area (Å²) in [5.41, 5.74) is 1.32. The minimum Gasteiger partial charge on any atom is -0.369 e. The molecule has 0 fully saturated rings. The van der Waals surface area contributed by atoms with Gasteiger partial charge < -0.3 is 15.0 Å². The highest BCUT2D eigenvalue weighted by molar-refractivity contribution is 7.99. The molecule has 27 heavy (non-hydrogen) atoms. The second-order valence-electron chi connectivity index (χ2n) is 7.89. The summed E-state index contributed by atoms with van der Waals surface area (Å²) >= 11 is 3.54. The molecule has 1 aliphatic heterocycles. The average Bonchev–Trinajstić information content (AvgIpc) is 3.00. The number of hydrogen-bond donors (Lipinski definition) is 2. The van der Waals surface area contributed by atoms with Crippen LogP contribution in [0.15, 0.2) is 5.16 Å². The predicted molar refractivity (Wildman–Crippen MR) is 116 cm³/mol. The summed E-state index contributed by atoms with van der Waals surface area (Å²) in [7, 11) is 4.40. The lowest BCUT2D eigenvalue weighted by molar-refractivity contribution is -0.858. The summed E-state index contributed by atoms with van der Waals surface area (Å²) in [5, 5.41) is 5.75. The Labute approximate surface area is 171 Å². The van der Waals surface area contributed by atoms with E-state index in [0.717, 1.165) is 60.3 Å². The van der Waals surface area contributed by atoms with Crippen molar-refractivity contribution < 1.29 is 9.64 Å². The van der Waals surface area contributed by atoms with Crippen LogP contribution in [0.3, 0.4) is 0 Å². The second-order valence-corrected chi connectivity index (χ2v) is 10.0. The summed E-state index contributed by atoms with van der Waals surface area (Å²) < 4.78 is 6.16. The normalized spacial score (nSPS) is 19.6. The Balaban J connectivity index is 1.94. The van der Waals surface area contributed by atoms with Crippen LogP contribution in [-0.2, 0) is 17.8 Å². The van der Waals surface area contributed by atoms with Crippen molar-refractivity contribution in [3.05, 3.63) is 10.4 Å². The van der Waals surface area contributed by atoms with E-state index >= 15 is 0 Å². The fourth-order valence-electron chi connectivity index (χ4n) is 3.31. The number of hydrogen-bond acceptors (Lipinski definition) is 6. The maximum absolute atomic E-state index is 6.16. The van der Waals surface area contributed by atoms with E-state index in [-0.39, 0.29) is 5.60 Å². The van der Waals surface area contributed by atoms with Crippen molar-refractivity contribution >= 4 is 39.1 Å². The lowest BCUT2D eigenvalue weighted by Gasteiger charge is -2.33. The number of nitrogens with zero attached hydrogens (tertiary/aromatic N) is 2. The minimum absolute atomic E-state index is 0.0812. The van der Waals surface area contributed by atoms with Gasteiger partial charge in [-0.15, -0.1) is 11.3 Å². The fourth-order valence-corrected chi connectivity index (χ4v) is 5.17. The Hall–Kier alpha value is -0.890. The van der Waals surface area contributed by atoms with Gasteiger partial charge in [-0.1, -0.05) is 25.6 Å². The maximum atomic E-state index is 6.16. The Morgan fingerprint density at radius 1 is 1.30 bits per heavy atom. The molecule has 150 valence electrons. The zero-order valence-corrected chi connectivity index (χ0v) is 18.9. The van der Waals surface area contributed by atoms with Crippen molar-refractivity contribution in [1.29, 1.82) is 0 Å². The molecule has 0 spiro atoms. The molecule has 3 heterocycles. The number of quaternary nitrogens is 1. The Kier molecular flexibility index (Phi) is 7.00. The third-order valence-corrected chi connectivity index (χ3v) is 7.30. The molecule has 0 amide bonds. The van der Waals surface area contributed by atoms with Crippen molar-refractivity contribution in [1.82, 2.24) is 9.97 Å². The zero-order chi connectivity index (χ0) is 19.4. The monoisotopic (exact) mass is 409 g/mol. The van der Waals surface area contributed by atoms with Crippen LogP contribution in [0.25, 0.3) is 10.2 Å². The fraction of sp³-hybridized carbons (Fsp3) is 0.700. The SMILES string of the molecule is CCCSc1nc(NCCC[NH+](C)C)c2c3c(sc2n1)CO[C@](C)(CC)C3. The maximum Gasteiger partial charge on any atom is 0.190 e. The zero-order valence-electron chi connectivity index (χ0n) is 17.3. The van der Waals surface area contributed by atoms with Gasteiger partial charge in [-0.2, -0.15) is 0 Å². The highest BCUT2D eigenvalue weighted by atomic mass is 32.2. The number of thiophene rings is 1. The number of ether oxygens (including phenoxy) is 1. The number of nitrogens with one attached hydrogen (secondary N) is 2. The van der Waals surface area contributed by atoms with Crippen molar-refractivity contribution in [2.45, 2.75) is 63.8 Å². The lowest BCUT2D eigenvalue weighted by Crippen LogP contribution is -3.05. The van der Waals surface area contributed by atoms with Crippen LogP contribution in [0.4, 0.5) is 5.82 Å². The molecule has 5 nitrogen and oxygen atoms in total. The van der Waals surface area contributed by atoms with E-state index in [4.69, 9.17) is 14.7 Å². The number of fused-ring (bicyclic) bond motifs is 3. The number of thioether (sulfide) groups is 1. The van der Waals surface area contributed by atoms with Gasteiger partial charge >= 0.3 is 0 Å². The Morgan fingerprint density at radius 3 is 2.81 bits per heavy atom. The standard InChI is InChI=1S/C20H32N4OS2/c1-6-11-26-19-22-17(21-9-8-10-24(4)5)16-14-12-20(3,7-2)25-13-15(14)27-18(16)23-19/h6-13H2,1-5H3,(H,21,22,23)/p+1/t20-/m1/s1. The first-order chi connectivity index (χ1) is 13.0. The van der Waals surface area contributed by atoms with Gasteiger partial charge in [-0.3, -0.25) is 0 Å². The highest BCUT2D eigenvalue weighted by Gasteiger charge is 2.33. The summed E-state index contributed by atoms with van der Waals surface area (Å²) in [6.45, 7) is 9.42. The summed E-state index contributed by atoms with van der Waals surface area (Å²) in [6.07, 6.45) is 4.22. The summed E-state index contributed by atoms with van der Waals surface area (Å²) in [4.78, 5) is 13.7. The molecule has 0 saturated heterocycles. The molecule has 0 saturated carbocycles. The van der Waals surface area contributed by atoms with E-state index in [9.17, 15) is 0 Å². The van der Waals surface area contributed by atoms with E-state index < -0.39 is 0 Å². The highest BCUT2D eigenvalue weighted by Crippen LogP contribution is 2.42. The third kappa shape index (κ3) is 4.94. The van der Waals surface area contributed by atoms with Gasteiger partial charge in [-0.25, -0.2) is 9.97 Å². The molecule has 0 unspecified atom stereocenters. The first-order valence-electron chi connectivity index (χ1n) is 10.1. The molecule has 7 heteroatoms. The molecule has 0 aromatic carbocycles. The van der Waals surface area contributed by atoms with Crippen molar-refractivity contribution in [2.75, 3.05) is 38.3 Å². The molecule has 0 aliphatic carbocycles. The van der Waals surface area contributed by atoms with Gasteiger partial charge in [0, 0.05) is 30.0 Å². The van der Waals surface area contributed by atoms with E-state index in [1.807, 2.05) is 0 Å². The van der Waals surface area contributed by atoms with E-state index in [2.05, 4.69) is 40.2 Å². The van der Waals surface area contributed by atoms with Gasteiger partial charge in [0.25, 0.3) is 0 Å². The Morgan fingerprint density at radius 2 is 2.11 bits per heavy atom. The van der Waals surface area contributed by atoms with Crippen molar-refractivity contribution in [3.63, 3.8) is 0 Å². The van der Waals surface area contributed by atoms with Crippen LogP contribution < -0.4 is 10.2 Å². The molecule has 2 aromatic rings. The summed E-state index contributed by atoms with van der Waals surface area (Å²) in [5.74, 6) is 2.07. The molecule has 0 bridgehead atoms. The lowest BCUT2D eigenvalue weighted by atomic mass is 9.90. The first kappa shape index (κ1) is 20.8. The third-order valence-electron chi connectivity index (χ3n) is 5.15. The molecule has 1 atom stereocenters. The second kappa shape index (κ2) is 9.07. The minimum atomic E-state index is -0.0812. The van der Waals surface area contributed by atoms with E-state index in [0.29, 0.717) is 6.61 Å². The molecule has 0 radical (unpaired) electrons.